The predicted molar refractivity (Wildman–Crippen MR) is 120 cm³/mol. The number of carbonyl (C=O) groups excluding carboxylic acids is 1. The molecule has 2 aromatic rings. The van der Waals surface area contributed by atoms with E-state index in [9.17, 15) is 4.79 Å². The molecule has 1 aliphatic carbocycles. The summed E-state index contributed by atoms with van der Waals surface area (Å²) in [7, 11) is 1.64. The molecule has 1 aliphatic heterocycles. The molecule has 30 heavy (non-hydrogen) atoms. The van der Waals surface area contributed by atoms with Crippen LogP contribution in [0, 0.1) is 5.41 Å². The molecule has 2 aliphatic rings. The Kier molecular flexibility index (Phi) is 5.22. The van der Waals surface area contributed by atoms with Crippen molar-refractivity contribution >= 4 is 17.2 Å². The van der Waals surface area contributed by atoms with Gasteiger partial charge in [0.2, 0.25) is 0 Å². The van der Waals surface area contributed by atoms with Crippen LogP contribution >= 0.6 is 0 Å². The Bertz CT molecular complexity index is 1010. The second-order valence-corrected chi connectivity index (χ2v) is 9.16. The van der Waals surface area contributed by atoms with Gasteiger partial charge in [0, 0.05) is 17.7 Å². The average molecular weight is 407 g/mol. The van der Waals surface area contributed by atoms with E-state index in [0.717, 1.165) is 34.6 Å². The van der Waals surface area contributed by atoms with Crippen molar-refractivity contribution in [3.63, 3.8) is 0 Å². The van der Waals surface area contributed by atoms with E-state index < -0.39 is 0 Å². The molecule has 2 aromatic carbocycles. The van der Waals surface area contributed by atoms with Gasteiger partial charge in [0.05, 0.1) is 30.6 Å². The van der Waals surface area contributed by atoms with Gasteiger partial charge in [0.25, 0.3) is 0 Å². The highest BCUT2D eigenvalue weighted by molar-refractivity contribution is 6.01. The van der Waals surface area contributed by atoms with Crippen molar-refractivity contribution in [2.75, 3.05) is 17.7 Å². The van der Waals surface area contributed by atoms with Crippen LogP contribution in [0.5, 0.6) is 11.5 Å². The lowest BCUT2D eigenvalue weighted by Crippen LogP contribution is -2.31. The van der Waals surface area contributed by atoms with Gasteiger partial charge in [-0.2, -0.15) is 0 Å². The van der Waals surface area contributed by atoms with Gasteiger partial charge < -0.3 is 20.1 Å². The molecule has 158 valence electrons. The van der Waals surface area contributed by atoms with Gasteiger partial charge >= 0.3 is 0 Å². The number of benzene rings is 2. The van der Waals surface area contributed by atoms with Crippen LogP contribution in [0.2, 0.25) is 0 Å². The maximum atomic E-state index is 13.3. The highest BCUT2D eigenvalue weighted by atomic mass is 16.5. The minimum Gasteiger partial charge on any atom is -0.493 e. The fourth-order valence-corrected chi connectivity index (χ4v) is 4.35. The van der Waals surface area contributed by atoms with Crippen LogP contribution in [0.25, 0.3) is 0 Å². The molecule has 1 heterocycles. The number of carbonyl (C=O) groups is 1. The molecule has 1 atom stereocenters. The summed E-state index contributed by atoms with van der Waals surface area (Å²) in [6, 6.07) is 13.7. The summed E-state index contributed by atoms with van der Waals surface area (Å²) in [4.78, 5) is 13.3. The number of ether oxygens (including phenoxy) is 2. The summed E-state index contributed by atoms with van der Waals surface area (Å²) in [6.07, 6.45) is 1.41. The van der Waals surface area contributed by atoms with Crippen molar-refractivity contribution in [1.82, 2.24) is 0 Å². The molecule has 5 heteroatoms. The van der Waals surface area contributed by atoms with E-state index in [4.69, 9.17) is 9.47 Å². The lowest BCUT2D eigenvalue weighted by molar-refractivity contribution is -0.118. The lowest BCUT2D eigenvalue weighted by Gasteiger charge is -2.34. The van der Waals surface area contributed by atoms with Gasteiger partial charge in [-0.25, -0.2) is 0 Å². The molecule has 0 spiro atoms. The molecule has 2 N–H and O–H groups in total. The topological polar surface area (TPSA) is 59.6 Å². The van der Waals surface area contributed by atoms with E-state index in [2.05, 4.69) is 24.5 Å². The minimum atomic E-state index is -0.262. The number of hydrogen-bond donors (Lipinski definition) is 2. The van der Waals surface area contributed by atoms with Crippen LogP contribution in [-0.4, -0.2) is 19.0 Å². The molecule has 0 amide bonds. The first-order valence-corrected chi connectivity index (χ1v) is 10.5. The van der Waals surface area contributed by atoms with E-state index in [1.54, 1.807) is 7.11 Å². The molecular formula is C25H30N2O3. The number of nitrogens with one attached hydrogen (secondary N) is 2. The first-order valence-electron chi connectivity index (χ1n) is 10.5. The largest absolute Gasteiger partial charge is 0.493 e. The standard InChI is InChI=1S/C25H30N2O3/c1-15(2)30-21-11-10-16(12-22(21)29-5)24-23-19(13-25(3,4)14-20(23)28)26-17-8-6-7-9-18(17)27-24/h6-12,15,24,26-27H,13-14H2,1-5H3/t24-/m0/s1. The summed E-state index contributed by atoms with van der Waals surface area (Å²) < 4.78 is 11.5. The molecule has 0 saturated carbocycles. The number of hydrogen-bond acceptors (Lipinski definition) is 5. The average Bonchev–Trinajstić information content (AvgIpc) is 2.83. The Morgan fingerprint density at radius 1 is 1.03 bits per heavy atom. The number of Topliss-reactive ketones (excluding diaryl/α,β-unsaturated/α-hetero) is 1. The van der Waals surface area contributed by atoms with E-state index >= 15 is 0 Å². The van der Waals surface area contributed by atoms with Gasteiger partial charge in [-0.05, 0) is 55.5 Å². The van der Waals surface area contributed by atoms with Crippen LogP contribution < -0.4 is 20.1 Å². The number of para-hydroxylation sites is 2. The number of anilines is 2. The van der Waals surface area contributed by atoms with Crippen molar-refractivity contribution < 1.29 is 14.3 Å². The SMILES string of the molecule is COc1cc([C@@H]2Nc3ccccc3NC3=C2C(=O)CC(C)(C)C3)ccc1OC(C)C. The maximum Gasteiger partial charge on any atom is 0.163 e. The summed E-state index contributed by atoms with van der Waals surface area (Å²) in [5, 5.41) is 7.16. The van der Waals surface area contributed by atoms with Gasteiger partial charge in [-0.15, -0.1) is 0 Å². The zero-order valence-electron chi connectivity index (χ0n) is 18.3. The number of rotatable bonds is 4. The predicted octanol–water partition coefficient (Wildman–Crippen LogP) is 5.70. The third-order valence-corrected chi connectivity index (χ3v) is 5.60. The number of fused-ring (bicyclic) bond motifs is 1. The normalized spacial score (nSPS) is 19.9. The van der Waals surface area contributed by atoms with Crippen molar-refractivity contribution in [3.05, 3.63) is 59.3 Å². The third-order valence-electron chi connectivity index (χ3n) is 5.60. The molecular weight excluding hydrogens is 376 g/mol. The molecule has 0 bridgehead atoms. The monoisotopic (exact) mass is 406 g/mol. The van der Waals surface area contributed by atoms with E-state index in [1.165, 1.54) is 0 Å². The first kappa shape index (κ1) is 20.3. The summed E-state index contributed by atoms with van der Waals surface area (Å²) in [6.45, 7) is 8.28. The molecule has 5 nitrogen and oxygen atoms in total. The van der Waals surface area contributed by atoms with Crippen LogP contribution in [0.4, 0.5) is 11.4 Å². The Labute approximate surface area is 178 Å². The van der Waals surface area contributed by atoms with E-state index in [0.29, 0.717) is 17.9 Å². The van der Waals surface area contributed by atoms with E-state index in [1.807, 2.05) is 56.3 Å². The Balaban J connectivity index is 1.83. The second-order valence-electron chi connectivity index (χ2n) is 9.16. The van der Waals surface area contributed by atoms with Crippen LogP contribution in [0.3, 0.4) is 0 Å². The van der Waals surface area contributed by atoms with Gasteiger partial charge in [-0.3, -0.25) is 4.79 Å². The van der Waals surface area contributed by atoms with Crippen molar-refractivity contribution in [2.24, 2.45) is 5.41 Å². The Morgan fingerprint density at radius 3 is 2.47 bits per heavy atom. The minimum absolute atomic E-state index is 0.0493. The molecule has 0 aromatic heterocycles. The highest BCUT2D eigenvalue weighted by Gasteiger charge is 2.38. The molecule has 4 rings (SSSR count). The first-order chi connectivity index (χ1) is 14.3. The number of methoxy groups -OCH3 is 1. The smallest absolute Gasteiger partial charge is 0.163 e. The van der Waals surface area contributed by atoms with Gasteiger partial charge in [0.1, 0.15) is 0 Å². The highest BCUT2D eigenvalue weighted by Crippen LogP contribution is 2.46. The molecule has 0 unspecified atom stereocenters. The van der Waals surface area contributed by atoms with Crippen molar-refractivity contribution in [1.29, 1.82) is 0 Å². The summed E-state index contributed by atoms with van der Waals surface area (Å²) in [5.41, 5.74) is 4.68. The van der Waals surface area contributed by atoms with Crippen LogP contribution in [0.15, 0.2) is 53.7 Å². The molecule has 0 radical (unpaired) electrons. The molecule has 0 saturated heterocycles. The lowest BCUT2D eigenvalue weighted by atomic mass is 9.73. The van der Waals surface area contributed by atoms with Gasteiger partial charge in [-0.1, -0.05) is 32.0 Å². The fourth-order valence-electron chi connectivity index (χ4n) is 4.35. The number of ketones is 1. The quantitative estimate of drug-likeness (QED) is 0.682. The summed E-state index contributed by atoms with van der Waals surface area (Å²) in [5.74, 6) is 1.55. The maximum absolute atomic E-state index is 13.3. The second kappa shape index (κ2) is 7.71. The van der Waals surface area contributed by atoms with Crippen molar-refractivity contribution in [3.8, 4) is 11.5 Å². The third kappa shape index (κ3) is 3.89. The number of allylic oxidation sites excluding steroid dienone is 1. The molecule has 0 fully saturated rings. The zero-order chi connectivity index (χ0) is 21.5. The fraction of sp³-hybridized carbons (Fsp3) is 0.400. The zero-order valence-corrected chi connectivity index (χ0v) is 18.3. The Morgan fingerprint density at radius 2 is 1.77 bits per heavy atom. The van der Waals surface area contributed by atoms with Gasteiger partial charge in [0.15, 0.2) is 17.3 Å². The summed E-state index contributed by atoms with van der Waals surface area (Å²) >= 11 is 0. The van der Waals surface area contributed by atoms with E-state index in [-0.39, 0.29) is 23.3 Å². The van der Waals surface area contributed by atoms with Crippen LogP contribution in [0.1, 0.15) is 52.1 Å². The van der Waals surface area contributed by atoms with Crippen molar-refractivity contribution in [2.45, 2.75) is 52.7 Å². The van der Waals surface area contributed by atoms with Crippen LogP contribution in [-0.2, 0) is 4.79 Å². The Hall–Kier alpha value is -2.95.